The number of hydrogen-bond acceptors (Lipinski definition) is 5. The van der Waals surface area contributed by atoms with Gasteiger partial charge in [0.2, 0.25) is 5.91 Å². The zero-order chi connectivity index (χ0) is 27.2. The molecular formula is C29H35N3O4S. The number of nitrogens with one attached hydrogen (secondary N) is 2. The van der Waals surface area contributed by atoms with Gasteiger partial charge in [0.15, 0.2) is 0 Å². The molecule has 3 amide bonds. The Morgan fingerprint density at radius 2 is 1.78 bits per heavy atom. The number of rotatable bonds is 8. The van der Waals surface area contributed by atoms with Crippen molar-refractivity contribution in [1.29, 1.82) is 0 Å². The molecule has 1 aliphatic rings. The summed E-state index contributed by atoms with van der Waals surface area (Å²) in [5.41, 5.74) is 2.13. The van der Waals surface area contributed by atoms with Crippen molar-refractivity contribution in [3.05, 3.63) is 65.2 Å². The van der Waals surface area contributed by atoms with Crippen molar-refractivity contribution in [2.75, 3.05) is 11.1 Å². The van der Waals surface area contributed by atoms with E-state index in [4.69, 9.17) is 11.2 Å². The van der Waals surface area contributed by atoms with Crippen LogP contribution in [0.25, 0.3) is 0 Å². The van der Waals surface area contributed by atoms with Gasteiger partial charge in [-0.3, -0.25) is 9.59 Å². The number of para-hydroxylation sites is 1. The van der Waals surface area contributed by atoms with Gasteiger partial charge in [-0.2, -0.15) is 12.6 Å². The molecule has 8 heteroatoms. The highest BCUT2D eigenvalue weighted by Gasteiger charge is 2.41. The van der Waals surface area contributed by atoms with Crippen molar-refractivity contribution < 1.29 is 19.1 Å². The third kappa shape index (κ3) is 7.30. The molecule has 3 rings (SSSR count). The largest absolute Gasteiger partial charge is 0.444 e. The molecule has 2 aromatic rings. The molecule has 0 bridgehead atoms. The zero-order valence-corrected chi connectivity index (χ0v) is 22.7. The smallest absolute Gasteiger partial charge is 0.408 e. The molecule has 2 atom stereocenters. The first kappa shape index (κ1) is 28.1. The number of carbonyl (C=O) groups excluding carboxylic acids is 3. The average Bonchev–Trinajstić information content (AvgIpc) is 2.81. The fourth-order valence-electron chi connectivity index (χ4n) is 4.11. The first-order valence-corrected chi connectivity index (χ1v) is 13.0. The molecule has 2 aromatic carbocycles. The minimum atomic E-state index is -0.975. The lowest BCUT2D eigenvalue weighted by molar-refractivity contribution is -0.145. The van der Waals surface area contributed by atoms with Crippen LogP contribution < -0.4 is 10.6 Å². The molecule has 1 fully saturated rings. The molecule has 0 saturated heterocycles. The number of nitrogens with zero attached hydrogens (tertiary/aromatic N) is 1. The number of hydrogen-bond donors (Lipinski definition) is 3. The van der Waals surface area contributed by atoms with E-state index in [2.05, 4.69) is 29.2 Å². The van der Waals surface area contributed by atoms with Gasteiger partial charge in [-0.25, -0.2) is 4.79 Å². The van der Waals surface area contributed by atoms with E-state index < -0.39 is 29.7 Å². The molecule has 1 saturated carbocycles. The SMILES string of the molecule is C#Cc1ccc(C(C(=O)Nc2ccccc2C)N(C(=O)C(CS)NC(=O)OC(C)(C)C)C2CCC2)cc1. The second kappa shape index (κ2) is 12.2. The van der Waals surface area contributed by atoms with Crippen LogP contribution in [0.4, 0.5) is 10.5 Å². The Morgan fingerprint density at radius 1 is 1.14 bits per heavy atom. The highest BCUT2D eigenvalue weighted by molar-refractivity contribution is 7.80. The van der Waals surface area contributed by atoms with E-state index in [1.54, 1.807) is 49.9 Å². The molecule has 2 N–H and O–H groups in total. The van der Waals surface area contributed by atoms with Crippen LogP contribution in [0.1, 0.15) is 62.8 Å². The topological polar surface area (TPSA) is 87.7 Å². The van der Waals surface area contributed by atoms with E-state index in [-0.39, 0.29) is 17.7 Å². The second-order valence-corrected chi connectivity index (χ2v) is 10.5. The van der Waals surface area contributed by atoms with Gasteiger partial charge in [0, 0.05) is 23.0 Å². The second-order valence-electron chi connectivity index (χ2n) is 10.2. The monoisotopic (exact) mass is 521 g/mol. The summed E-state index contributed by atoms with van der Waals surface area (Å²) >= 11 is 4.34. The van der Waals surface area contributed by atoms with Crippen LogP contribution in [0.2, 0.25) is 0 Å². The third-order valence-corrected chi connectivity index (χ3v) is 6.58. The molecule has 0 radical (unpaired) electrons. The Balaban J connectivity index is 1.99. The van der Waals surface area contributed by atoms with E-state index >= 15 is 0 Å². The Bertz CT molecular complexity index is 1160. The van der Waals surface area contributed by atoms with Crippen LogP contribution in [-0.4, -0.2) is 46.2 Å². The van der Waals surface area contributed by atoms with Gasteiger partial charge in [-0.15, -0.1) is 6.42 Å². The fraction of sp³-hybridized carbons (Fsp3) is 0.414. The summed E-state index contributed by atoms with van der Waals surface area (Å²) in [7, 11) is 0. The highest BCUT2D eigenvalue weighted by Crippen LogP contribution is 2.34. The average molecular weight is 522 g/mol. The standard InChI is InChI=1S/C29H35N3O4S/c1-6-20-14-16-21(17-15-20)25(26(33)30-23-13-8-7-10-19(23)2)32(22-11-9-12-22)27(34)24(18-37)31-28(35)36-29(3,4)5/h1,7-8,10,13-17,22,24-25,37H,9,11-12,18H2,2-5H3,(H,30,33)(H,31,35). The van der Waals surface area contributed by atoms with Crippen molar-refractivity contribution in [2.45, 2.75) is 70.7 Å². The number of thiol groups is 1. The highest BCUT2D eigenvalue weighted by atomic mass is 32.1. The Labute approximate surface area is 224 Å². The minimum absolute atomic E-state index is 0.0451. The molecule has 1 aliphatic carbocycles. The van der Waals surface area contributed by atoms with Crippen LogP contribution in [0, 0.1) is 19.3 Å². The van der Waals surface area contributed by atoms with Crippen LogP contribution >= 0.6 is 12.6 Å². The first-order valence-electron chi connectivity index (χ1n) is 12.4. The van der Waals surface area contributed by atoms with Gasteiger partial charge in [0.1, 0.15) is 17.7 Å². The Morgan fingerprint density at radius 3 is 2.30 bits per heavy atom. The maximum Gasteiger partial charge on any atom is 0.408 e. The summed E-state index contributed by atoms with van der Waals surface area (Å²) in [6, 6.07) is 12.4. The third-order valence-electron chi connectivity index (χ3n) is 6.22. The molecule has 0 heterocycles. The lowest BCUT2D eigenvalue weighted by atomic mass is 9.88. The summed E-state index contributed by atoms with van der Waals surface area (Å²) in [4.78, 5) is 41.9. The quantitative estimate of drug-likeness (QED) is 0.342. The minimum Gasteiger partial charge on any atom is -0.444 e. The molecular weight excluding hydrogens is 486 g/mol. The van der Waals surface area contributed by atoms with Crippen molar-refractivity contribution in [3.63, 3.8) is 0 Å². The van der Waals surface area contributed by atoms with Gasteiger partial charge < -0.3 is 20.3 Å². The maximum atomic E-state index is 14.0. The van der Waals surface area contributed by atoms with Crippen molar-refractivity contribution in [3.8, 4) is 12.3 Å². The number of benzene rings is 2. The molecule has 0 spiro atoms. The van der Waals surface area contributed by atoms with Crippen LogP contribution in [-0.2, 0) is 14.3 Å². The lowest BCUT2D eigenvalue weighted by Crippen LogP contribution is -2.57. The predicted octanol–water partition coefficient (Wildman–Crippen LogP) is 4.86. The summed E-state index contributed by atoms with van der Waals surface area (Å²) in [5.74, 6) is 1.89. The maximum absolute atomic E-state index is 14.0. The summed E-state index contributed by atoms with van der Waals surface area (Å²) in [6.45, 7) is 7.15. The van der Waals surface area contributed by atoms with E-state index in [1.165, 1.54) is 0 Å². The molecule has 0 aliphatic heterocycles. The summed E-state index contributed by atoms with van der Waals surface area (Å²) in [6.07, 6.45) is 7.28. The number of amides is 3. The molecule has 37 heavy (non-hydrogen) atoms. The number of ether oxygens (including phenoxy) is 1. The molecule has 7 nitrogen and oxygen atoms in total. The lowest BCUT2D eigenvalue weighted by Gasteiger charge is -2.43. The Hall–Kier alpha value is -3.44. The summed E-state index contributed by atoms with van der Waals surface area (Å²) < 4.78 is 5.36. The van der Waals surface area contributed by atoms with Gasteiger partial charge in [0.25, 0.3) is 5.91 Å². The van der Waals surface area contributed by atoms with E-state index in [0.717, 1.165) is 24.8 Å². The number of alkyl carbamates (subject to hydrolysis) is 1. The van der Waals surface area contributed by atoms with Gasteiger partial charge in [-0.1, -0.05) is 36.3 Å². The van der Waals surface area contributed by atoms with Crippen molar-refractivity contribution in [2.24, 2.45) is 0 Å². The van der Waals surface area contributed by atoms with Crippen molar-refractivity contribution in [1.82, 2.24) is 10.2 Å². The molecule has 0 aromatic heterocycles. The van der Waals surface area contributed by atoms with Gasteiger partial charge in [0.05, 0.1) is 0 Å². The first-order chi connectivity index (χ1) is 17.5. The Kier molecular flexibility index (Phi) is 9.28. The zero-order valence-electron chi connectivity index (χ0n) is 21.8. The number of terminal acetylenes is 1. The summed E-state index contributed by atoms with van der Waals surface area (Å²) in [5, 5.41) is 5.64. The normalized spacial score (nSPS) is 14.9. The van der Waals surface area contributed by atoms with Crippen LogP contribution in [0.15, 0.2) is 48.5 Å². The molecule has 196 valence electrons. The number of aryl methyl sites for hydroxylation is 1. The van der Waals surface area contributed by atoms with Gasteiger partial charge >= 0.3 is 6.09 Å². The van der Waals surface area contributed by atoms with E-state index in [9.17, 15) is 14.4 Å². The predicted molar refractivity (Wildman–Crippen MR) is 148 cm³/mol. The van der Waals surface area contributed by atoms with Crippen LogP contribution in [0.3, 0.4) is 0 Å². The number of anilines is 1. The van der Waals surface area contributed by atoms with Crippen LogP contribution in [0.5, 0.6) is 0 Å². The van der Waals surface area contributed by atoms with E-state index in [1.807, 2.05) is 31.2 Å². The van der Waals surface area contributed by atoms with Crippen molar-refractivity contribution >= 4 is 36.2 Å². The van der Waals surface area contributed by atoms with Gasteiger partial charge in [-0.05, 0) is 76.3 Å². The van der Waals surface area contributed by atoms with E-state index in [0.29, 0.717) is 16.8 Å². The molecule has 2 unspecified atom stereocenters. The number of carbonyl (C=O) groups is 3. The fourth-order valence-corrected chi connectivity index (χ4v) is 4.36.